The normalized spacial score (nSPS) is 13.3. The number of aliphatic hydroxyl groups excluding tert-OH is 1. The molecule has 0 radical (unpaired) electrons. The Morgan fingerprint density at radius 2 is 0.983 bits per heavy atom. The Bertz CT molecular complexity index is 1250. The van der Waals surface area contributed by atoms with Gasteiger partial charge < -0.3 is 25.6 Å². The molecule has 4 N–H and O–H groups in total. The van der Waals surface area contributed by atoms with Gasteiger partial charge in [-0.15, -0.1) is 0 Å². The van der Waals surface area contributed by atoms with E-state index in [-0.39, 0.29) is 30.9 Å². The van der Waals surface area contributed by atoms with Crippen molar-refractivity contribution in [1.82, 2.24) is 10.6 Å². The van der Waals surface area contributed by atoms with Gasteiger partial charge >= 0.3 is 11.9 Å². The van der Waals surface area contributed by atoms with E-state index in [2.05, 4.69) is 103 Å². The van der Waals surface area contributed by atoms with Gasteiger partial charge in [-0.3, -0.25) is 14.4 Å². The van der Waals surface area contributed by atoms with Gasteiger partial charge in [-0.1, -0.05) is 157 Å². The Labute approximate surface area is 352 Å². The van der Waals surface area contributed by atoms with Crippen LogP contribution in [0.4, 0.5) is 0 Å². The number of ether oxygens (including phenoxy) is 1. The maximum Gasteiger partial charge on any atom is 0.328 e. The third-order valence-electron chi connectivity index (χ3n) is 9.37. The van der Waals surface area contributed by atoms with E-state index in [1.165, 1.54) is 32.1 Å². The summed E-state index contributed by atoms with van der Waals surface area (Å²) in [5.74, 6) is -2.38. The SMILES string of the molecule is CC/C=C\C/C=C\C/C=C\C/C=C\CCCCCCCCCCC(=O)OC(/C=C\C/C=C\C/C=C\CC)CCCCCCCCC(=O)NCC(=O)NC(CO)C(=O)O. The van der Waals surface area contributed by atoms with Crippen LogP contribution in [0.25, 0.3) is 0 Å². The van der Waals surface area contributed by atoms with Crippen LogP contribution < -0.4 is 10.6 Å². The van der Waals surface area contributed by atoms with Gasteiger partial charge in [-0.05, 0) is 89.5 Å². The highest BCUT2D eigenvalue weighted by Crippen LogP contribution is 2.15. The Morgan fingerprint density at radius 1 is 0.534 bits per heavy atom. The van der Waals surface area contributed by atoms with Crippen LogP contribution in [0.5, 0.6) is 0 Å². The molecular formula is C49H80N2O7. The van der Waals surface area contributed by atoms with E-state index in [0.29, 0.717) is 12.8 Å². The largest absolute Gasteiger partial charge is 0.480 e. The number of carboxylic acid groups (broad SMARTS) is 1. The molecule has 9 nitrogen and oxygen atoms in total. The first-order valence-corrected chi connectivity index (χ1v) is 22.5. The number of unbranched alkanes of at least 4 members (excludes halogenated alkanes) is 13. The van der Waals surface area contributed by atoms with E-state index in [0.717, 1.165) is 109 Å². The van der Waals surface area contributed by atoms with Crippen LogP contribution in [-0.4, -0.2) is 59.3 Å². The summed E-state index contributed by atoms with van der Waals surface area (Å²) < 4.78 is 5.92. The van der Waals surface area contributed by atoms with Crippen molar-refractivity contribution in [3.8, 4) is 0 Å². The average Bonchev–Trinajstić information content (AvgIpc) is 3.21. The second-order valence-corrected chi connectivity index (χ2v) is 14.7. The summed E-state index contributed by atoms with van der Waals surface area (Å²) in [6.45, 7) is 3.23. The molecule has 58 heavy (non-hydrogen) atoms. The van der Waals surface area contributed by atoms with Gasteiger partial charge in [0.25, 0.3) is 0 Å². The zero-order valence-corrected chi connectivity index (χ0v) is 36.3. The predicted molar refractivity (Wildman–Crippen MR) is 240 cm³/mol. The highest BCUT2D eigenvalue weighted by atomic mass is 16.5. The van der Waals surface area contributed by atoms with Gasteiger partial charge in [0.15, 0.2) is 0 Å². The molecule has 0 aromatic heterocycles. The Kier molecular flexibility index (Phi) is 39.7. The van der Waals surface area contributed by atoms with E-state index >= 15 is 0 Å². The molecule has 0 saturated heterocycles. The van der Waals surface area contributed by atoms with E-state index in [4.69, 9.17) is 14.9 Å². The average molecular weight is 809 g/mol. The number of hydrogen-bond acceptors (Lipinski definition) is 6. The highest BCUT2D eigenvalue weighted by molar-refractivity contribution is 5.87. The van der Waals surface area contributed by atoms with E-state index in [9.17, 15) is 19.2 Å². The molecule has 0 aliphatic rings. The second-order valence-electron chi connectivity index (χ2n) is 14.7. The zero-order valence-electron chi connectivity index (χ0n) is 36.3. The lowest BCUT2D eigenvalue weighted by Gasteiger charge is -2.15. The predicted octanol–water partition coefficient (Wildman–Crippen LogP) is 11.3. The fourth-order valence-corrected chi connectivity index (χ4v) is 5.99. The van der Waals surface area contributed by atoms with Crippen LogP contribution in [-0.2, 0) is 23.9 Å². The molecule has 0 bridgehead atoms. The first kappa shape index (κ1) is 54.0. The summed E-state index contributed by atoms with van der Waals surface area (Å²) in [4.78, 5) is 47.4. The monoisotopic (exact) mass is 809 g/mol. The molecule has 2 unspecified atom stereocenters. The zero-order chi connectivity index (χ0) is 42.6. The fraction of sp³-hybridized carbons (Fsp3) is 0.633. The molecule has 2 atom stereocenters. The lowest BCUT2D eigenvalue weighted by Crippen LogP contribution is -2.47. The standard InChI is InChI=1S/C49H80N2O7/c1-3-5-7-9-11-13-14-15-16-17-18-19-20-21-22-23-24-25-27-33-37-41-48(55)58-44(38-34-30-26-12-10-8-6-4-2)39-35-31-28-29-32-36-40-46(53)50-42-47(54)51-45(43-52)49(56)57/h5-8,11-13,15-16,18-19,26,34,38,44-45,52H,3-4,9-10,14,17,20-25,27-33,35-37,39-43H2,1-2H3,(H,50,53)(H,51,54)(H,56,57)/b7-5-,8-6-,13-11-,16-15-,19-18-,26-12-,38-34-. The smallest absolute Gasteiger partial charge is 0.328 e. The number of allylic oxidation sites excluding steroid dienone is 13. The van der Waals surface area contributed by atoms with E-state index < -0.39 is 24.5 Å². The van der Waals surface area contributed by atoms with Gasteiger partial charge in [0, 0.05) is 12.8 Å². The molecule has 0 saturated carbocycles. The van der Waals surface area contributed by atoms with Crippen molar-refractivity contribution in [3.63, 3.8) is 0 Å². The van der Waals surface area contributed by atoms with Crippen molar-refractivity contribution in [3.05, 3.63) is 85.1 Å². The Hall–Kier alpha value is -3.98. The van der Waals surface area contributed by atoms with Gasteiger partial charge in [-0.2, -0.15) is 0 Å². The number of amides is 2. The molecule has 0 aliphatic heterocycles. The number of carboxylic acids is 1. The number of hydrogen-bond donors (Lipinski definition) is 4. The minimum absolute atomic E-state index is 0.114. The van der Waals surface area contributed by atoms with Crippen LogP contribution in [0, 0.1) is 0 Å². The molecule has 0 spiro atoms. The molecular weight excluding hydrogens is 729 g/mol. The maximum absolute atomic E-state index is 12.7. The number of nitrogens with one attached hydrogen (secondary N) is 2. The molecule has 0 heterocycles. The Balaban J connectivity index is 4.22. The van der Waals surface area contributed by atoms with Crippen molar-refractivity contribution in [2.24, 2.45) is 0 Å². The van der Waals surface area contributed by atoms with Crippen LogP contribution in [0.15, 0.2) is 85.1 Å². The quantitative estimate of drug-likeness (QED) is 0.0275. The number of rotatable bonds is 39. The van der Waals surface area contributed by atoms with Crippen LogP contribution in [0.3, 0.4) is 0 Å². The fourth-order valence-electron chi connectivity index (χ4n) is 5.99. The molecule has 0 aromatic carbocycles. The first-order chi connectivity index (χ1) is 28.3. The summed E-state index contributed by atoms with van der Waals surface area (Å²) in [6, 6.07) is -1.39. The maximum atomic E-state index is 12.7. The minimum Gasteiger partial charge on any atom is -0.480 e. The minimum atomic E-state index is -1.39. The van der Waals surface area contributed by atoms with Crippen molar-refractivity contribution in [2.75, 3.05) is 13.2 Å². The Morgan fingerprint density at radius 3 is 1.50 bits per heavy atom. The van der Waals surface area contributed by atoms with Gasteiger partial charge in [0.2, 0.25) is 11.8 Å². The molecule has 328 valence electrons. The summed E-state index contributed by atoms with van der Waals surface area (Å²) in [6.07, 6.45) is 55.0. The van der Waals surface area contributed by atoms with Crippen molar-refractivity contribution >= 4 is 23.8 Å². The first-order valence-electron chi connectivity index (χ1n) is 22.5. The third kappa shape index (κ3) is 38.9. The van der Waals surface area contributed by atoms with Crippen LogP contribution in [0.1, 0.15) is 174 Å². The lowest BCUT2D eigenvalue weighted by atomic mass is 10.0. The summed E-state index contributed by atoms with van der Waals surface area (Å²) in [7, 11) is 0. The van der Waals surface area contributed by atoms with E-state index in [1.807, 2.05) is 6.08 Å². The number of carbonyl (C=O) groups is 4. The molecule has 0 fully saturated rings. The third-order valence-corrected chi connectivity index (χ3v) is 9.37. The van der Waals surface area contributed by atoms with Crippen LogP contribution >= 0.6 is 0 Å². The number of aliphatic hydroxyl groups is 1. The molecule has 0 rings (SSSR count). The summed E-state index contributed by atoms with van der Waals surface area (Å²) in [5, 5.41) is 22.5. The van der Waals surface area contributed by atoms with Gasteiger partial charge in [-0.25, -0.2) is 4.79 Å². The van der Waals surface area contributed by atoms with Crippen molar-refractivity contribution < 1.29 is 34.1 Å². The van der Waals surface area contributed by atoms with E-state index in [1.54, 1.807) is 0 Å². The molecule has 0 aliphatic carbocycles. The highest BCUT2D eigenvalue weighted by Gasteiger charge is 2.18. The molecule has 0 aromatic rings. The summed E-state index contributed by atoms with van der Waals surface area (Å²) in [5.41, 5.74) is 0. The number of aliphatic carboxylic acids is 1. The van der Waals surface area contributed by atoms with Gasteiger partial charge in [0.05, 0.1) is 13.2 Å². The number of carbonyl (C=O) groups excluding carboxylic acids is 3. The van der Waals surface area contributed by atoms with Gasteiger partial charge in [0.1, 0.15) is 12.1 Å². The lowest BCUT2D eigenvalue weighted by molar-refractivity contribution is -0.147. The molecule has 2 amide bonds. The van der Waals surface area contributed by atoms with Crippen molar-refractivity contribution in [1.29, 1.82) is 0 Å². The molecule has 9 heteroatoms. The second kappa shape index (κ2) is 42.6. The summed E-state index contributed by atoms with van der Waals surface area (Å²) >= 11 is 0. The number of esters is 1. The topological polar surface area (TPSA) is 142 Å². The van der Waals surface area contributed by atoms with Crippen LogP contribution in [0.2, 0.25) is 0 Å². The van der Waals surface area contributed by atoms with Crippen molar-refractivity contribution in [2.45, 2.75) is 187 Å².